The molecule has 2 amide bonds. The number of aryl methyl sites for hydroxylation is 2. The molecule has 188 valence electrons. The number of nitrogens with zero attached hydrogens (tertiary/aromatic N) is 4. The molecule has 2 heterocycles. The predicted molar refractivity (Wildman–Crippen MR) is 149 cm³/mol. The molecule has 6 nitrogen and oxygen atoms in total. The molecule has 0 saturated carbocycles. The molecule has 0 saturated heterocycles. The van der Waals surface area contributed by atoms with Crippen molar-refractivity contribution in [2.45, 2.75) is 40.0 Å². The molecular weight excluding hydrogens is 448 g/mol. The summed E-state index contributed by atoms with van der Waals surface area (Å²) in [5.41, 5.74) is 4.76. The maximum atomic E-state index is 11.5. The number of benzene rings is 2. The van der Waals surface area contributed by atoms with E-state index in [0.29, 0.717) is 13.1 Å². The normalized spacial score (nSPS) is 10.6. The number of hydrogen-bond donors (Lipinski definition) is 0. The molecule has 0 spiro atoms. The molecule has 2 aromatic heterocycles. The third-order valence-corrected chi connectivity index (χ3v) is 6.41. The first-order chi connectivity index (χ1) is 17.3. The van der Waals surface area contributed by atoms with Crippen LogP contribution in [-0.2, 0) is 35.8 Å². The molecule has 0 aliphatic rings. The lowest BCUT2D eigenvalue weighted by Crippen LogP contribution is -2.23. The summed E-state index contributed by atoms with van der Waals surface area (Å²) in [6, 6.07) is 16.6. The fourth-order valence-corrected chi connectivity index (χ4v) is 4.38. The van der Waals surface area contributed by atoms with Gasteiger partial charge in [-0.25, -0.2) is 0 Å². The van der Waals surface area contributed by atoms with Crippen LogP contribution < -0.4 is 0 Å². The van der Waals surface area contributed by atoms with Gasteiger partial charge in [-0.05, 0) is 61.4 Å². The molecule has 4 aromatic rings. The van der Waals surface area contributed by atoms with E-state index in [1.165, 1.54) is 34.0 Å². The molecule has 36 heavy (non-hydrogen) atoms. The van der Waals surface area contributed by atoms with Crippen LogP contribution in [0.25, 0.3) is 21.8 Å². The van der Waals surface area contributed by atoms with Gasteiger partial charge in [0.15, 0.2) is 0 Å². The largest absolute Gasteiger partial charge is 0.348 e. The fourth-order valence-electron chi connectivity index (χ4n) is 4.38. The van der Waals surface area contributed by atoms with E-state index in [1.807, 2.05) is 12.1 Å². The first-order valence-electron chi connectivity index (χ1n) is 12.2. The van der Waals surface area contributed by atoms with Gasteiger partial charge >= 0.3 is 0 Å². The Morgan fingerprint density at radius 3 is 1.44 bits per heavy atom. The molecule has 0 N–H and O–H groups in total. The molecule has 0 unspecified atom stereocenters. The molecule has 4 rings (SSSR count). The minimum Gasteiger partial charge on any atom is -0.348 e. The summed E-state index contributed by atoms with van der Waals surface area (Å²) >= 11 is 0. The summed E-state index contributed by atoms with van der Waals surface area (Å²) in [6.45, 7) is 14.4. The van der Waals surface area contributed by atoms with Gasteiger partial charge in [0.2, 0.25) is 11.8 Å². The van der Waals surface area contributed by atoms with Crippen molar-refractivity contribution in [3.63, 3.8) is 0 Å². The maximum absolute atomic E-state index is 11.5. The summed E-state index contributed by atoms with van der Waals surface area (Å²) in [7, 11) is 3.58. The Morgan fingerprint density at radius 1 is 0.722 bits per heavy atom. The number of rotatable bonds is 8. The van der Waals surface area contributed by atoms with Gasteiger partial charge < -0.3 is 18.9 Å². The highest BCUT2D eigenvalue weighted by molar-refractivity contribution is 5.89. The van der Waals surface area contributed by atoms with Crippen molar-refractivity contribution in [2.24, 2.45) is 0 Å². The Kier molecular flexibility index (Phi) is 8.90. The average molecular weight is 485 g/mol. The van der Waals surface area contributed by atoms with Gasteiger partial charge in [0, 0.05) is 74.5 Å². The summed E-state index contributed by atoms with van der Waals surface area (Å²) in [6.07, 6.45) is 6.86. The average Bonchev–Trinajstić information content (AvgIpc) is 3.53. The molecule has 6 heteroatoms. The predicted octanol–water partition coefficient (Wildman–Crippen LogP) is 5.61. The van der Waals surface area contributed by atoms with Crippen LogP contribution >= 0.6 is 0 Å². The van der Waals surface area contributed by atoms with Crippen molar-refractivity contribution < 1.29 is 9.59 Å². The van der Waals surface area contributed by atoms with Crippen molar-refractivity contribution in [3.05, 3.63) is 97.4 Å². The monoisotopic (exact) mass is 484 g/mol. The van der Waals surface area contributed by atoms with E-state index in [0.717, 1.165) is 24.2 Å². The molecule has 0 aliphatic carbocycles. The third-order valence-electron chi connectivity index (χ3n) is 6.41. The number of hydrogen-bond acceptors (Lipinski definition) is 2. The lowest BCUT2D eigenvalue weighted by Gasteiger charge is -2.15. The zero-order valence-corrected chi connectivity index (χ0v) is 21.8. The fraction of sp³-hybridized carbons (Fsp3) is 0.267. The molecular formula is C30H36N4O2. The quantitative estimate of drug-likeness (QED) is 0.305. The lowest BCUT2D eigenvalue weighted by molar-refractivity contribution is -0.126. The molecule has 0 bridgehead atoms. The van der Waals surface area contributed by atoms with Crippen LogP contribution in [0.3, 0.4) is 0 Å². The number of carbonyl (C=O) groups excluding carboxylic acids is 2. The second kappa shape index (κ2) is 12.1. The standard InChI is InChI=1S/2C15H18N2O/c2*1-4-15(18)16(3)11-12-7-6-8-14-13(12)9-10-17(14)5-2/h2*4,6-10H,1,5,11H2,2-3H3. The Labute approximate surface area is 213 Å². The van der Waals surface area contributed by atoms with Gasteiger partial charge in [-0.1, -0.05) is 37.4 Å². The van der Waals surface area contributed by atoms with Crippen molar-refractivity contribution in [3.8, 4) is 0 Å². The van der Waals surface area contributed by atoms with Gasteiger partial charge in [-0.15, -0.1) is 0 Å². The molecule has 0 fully saturated rings. The zero-order chi connectivity index (χ0) is 26.2. The maximum Gasteiger partial charge on any atom is 0.245 e. The van der Waals surface area contributed by atoms with Gasteiger partial charge in [0.25, 0.3) is 0 Å². The van der Waals surface area contributed by atoms with Crippen LogP contribution in [0, 0.1) is 0 Å². The molecule has 2 aromatic carbocycles. The van der Waals surface area contributed by atoms with Crippen LogP contribution in [-0.4, -0.2) is 44.8 Å². The Morgan fingerprint density at radius 2 is 1.11 bits per heavy atom. The minimum absolute atomic E-state index is 0.0538. The van der Waals surface area contributed by atoms with E-state index in [9.17, 15) is 9.59 Å². The zero-order valence-electron chi connectivity index (χ0n) is 21.8. The first kappa shape index (κ1) is 26.5. The number of carbonyl (C=O) groups is 2. The number of aromatic nitrogens is 2. The Hall–Kier alpha value is -4.06. The second-order valence-corrected chi connectivity index (χ2v) is 8.70. The van der Waals surface area contributed by atoms with Crippen molar-refractivity contribution >= 4 is 33.6 Å². The van der Waals surface area contributed by atoms with Gasteiger partial charge in [-0.3, -0.25) is 9.59 Å². The highest BCUT2D eigenvalue weighted by Gasteiger charge is 2.10. The van der Waals surface area contributed by atoms with Gasteiger partial charge in [0.05, 0.1) is 0 Å². The highest BCUT2D eigenvalue weighted by Crippen LogP contribution is 2.22. The first-order valence-corrected chi connectivity index (χ1v) is 12.2. The van der Waals surface area contributed by atoms with Crippen molar-refractivity contribution in [1.29, 1.82) is 0 Å². The van der Waals surface area contributed by atoms with Crippen LogP contribution in [0.2, 0.25) is 0 Å². The van der Waals surface area contributed by atoms with E-state index < -0.39 is 0 Å². The summed E-state index contributed by atoms with van der Waals surface area (Å²) in [5, 5.41) is 2.42. The second-order valence-electron chi connectivity index (χ2n) is 8.70. The SMILES string of the molecule is C=CC(=O)N(C)Cc1cccc2c1ccn2CC.C=CC(=O)N(C)Cc1cccc2c1ccn2CC. The third kappa shape index (κ3) is 5.77. The van der Waals surface area contributed by atoms with Gasteiger partial charge in [0.1, 0.15) is 0 Å². The number of amides is 2. The summed E-state index contributed by atoms with van der Waals surface area (Å²) in [5.74, 6) is -0.108. The lowest BCUT2D eigenvalue weighted by atomic mass is 10.1. The van der Waals surface area contributed by atoms with Crippen molar-refractivity contribution in [1.82, 2.24) is 18.9 Å². The summed E-state index contributed by atoms with van der Waals surface area (Å²) < 4.78 is 4.41. The number of fused-ring (bicyclic) bond motifs is 2. The van der Waals surface area contributed by atoms with E-state index in [-0.39, 0.29) is 11.8 Å². The summed E-state index contributed by atoms with van der Waals surface area (Å²) in [4.78, 5) is 26.4. The van der Waals surface area contributed by atoms with Crippen LogP contribution in [0.4, 0.5) is 0 Å². The smallest absolute Gasteiger partial charge is 0.245 e. The van der Waals surface area contributed by atoms with Crippen LogP contribution in [0.1, 0.15) is 25.0 Å². The van der Waals surface area contributed by atoms with Crippen LogP contribution in [0.15, 0.2) is 86.2 Å². The van der Waals surface area contributed by atoms with E-state index in [4.69, 9.17) is 0 Å². The topological polar surface area (TPSA) is 50.5 Å². The minimum atomic E-state index is -0.0538. The van der Waals surface area contributed by atoms with E-state index >= 15 is 0 Å². The van der Waals surface area contributed by atoms with Crippen molar-refractivity contribution in [2.75, 3.05) is 14.1 Å². The molecule has 0 aliphatic heterocycles. The van der Waals surface area contributed by atoms with Crippen LogP contribution in [0.5, 0.6) is 0 Å². The Balaban J connectivity index is 0.000000201. The molecule has 0 atom stereocenters. The number of likely N-dealkylation sites (N-methyl/N-ethyl adjacent to an activating group) is 2. The van der Waals surface area contributed by atoms with E-state index in [2.05, 4.69) is 84.9 Å². The Bertz CT molecular complexity index is 1270. The molecule has 0 radical (unpaired) electrons. The van der Waals surface area contributed by atoms with E-state index in [1.54, 1.807) is 23.9 Å². The highest BCUT2D eigenvalue weighted by atomic mass is 16.2. The van der Waals surface area contributed by atoms with Gasteiger partial charge in [-0.2, -0.15) is 0 Å².